The van der Waals surface area contributed by atoms with Gasteiger partial charge >= 0.3 is 0 Å². The average molecular weight is 285 g/mol. The number of anilines is 1. The van der Waals surface area contributed by atoms with Gasteiger partial charge in [-0.1, -0.05) is 6.92 Å². The van der Waals surface area contributed by atoms with Crippen molar-refractivity contribution in [3.63, 3.8) is 0 Å². The summed E-state index contributed by atoms with van der Waals surface area (Å²) in [5, 5.41) is 7.39. The van der Waals surface area contributed by atoms with Crippen molar-refractivity contribution in [2.24, 2.45) is 11.7 Å². The summed E-state index contributed by atoms with van der Waals surface area (Å²) in [4.78, 5) is 6.44. The van der Waals surface area contributed by atoms with Gasteiger partial charge in [-0.15, -0.1) is 0 Å². The lowest BCUT2D eigenvalue weighted by Crippen LogP contribution is -2.34. The highest BCUT2D eigenvalue weighted by atomic mass is 79.9. The van der Waals surface area contributed by atoms with E-state index >= 15 is 0 Å². The lowest BCUT2D eigenvalue weighted by Gasteiger charge is -2.24. The second-order valence-electron chi connectivity index (χ2n) is 3.73. The van der Waals surface area contributed by atoms with Gasteiger partial charge in [-0.3, -0.25) is 5.41 Å². The molecule has 0 aromatic carbocycles. The predicted molar refractivity (Wildman–Crippen MR) is 70.9 cm³/mol. The molecule has 0 bridgehead atoms. The first kappa shape index (κ1) is 13.0. The summed E-state index contributed by atoms with van der Waals surface area (Å²) >= 11 is 3.36. The summed E-state index contributed by atoms with van der Waals surface area (Å²) in [5.41, 5.74) is 5.47. The van der Waals surface area contributed by atoms with Crippen LogP contribution in [0.1, 0.15) is 13.8 Å². The monoisotopic (exact) mass is 284 g/mol. The molecule has 88 valence electrons. The summed E-state index contributed by atoms with van der Waals surface area (Å²) < 4.78 is 0.965. The number of nitrogens with one attached hydrogen (secondary N) is 1. The average Bonchev–Trinajstić information content (AvgIpc) is 2.26. The molecular formula is C11H17BrN4. The molecule has 1 heterocycles. The summed E-state index contributed by atoms with van der Waals surface area (Å²) in [6, 6.07) is 3.92. The third kappa shape index (κ3) is 3.48. The maximum absolute atomic E-state index is 7.39. The Morgan fingerprint density at radius 2 is 2.31 bits per heavy atom. The summed E-state index contributed by atoms with van der Waals surface area (Å²) in [6.45, 7) is 5.59. The standard InChI is InChI=1S/C11H17BrN4/c1-3-16(7-8(2)11(13)14)10-5-4-9(12)6-15-10/h4-6,8H,3,7H2,1-2H3,(H3,13,14). The van der Waals surface area contributed by atoms with Crippen molar-refractivity contribution < 1.29 is 0 Å². The van der Waals surface area contributed by atoms with E-state index in [1.54, 1.807) is 6.20 Å². The van der Waals surface area contributed by atoms with E-state index in [1.807, 2.05) is 19.1 Å². The molecule has 3 N–H and O–H groups in total. The first-order valence-electron chi connectivity index (χ1n) is 5.25. The van der Waals surface area contributed by atoms with Crippen LogP contribution in [0.15, 0.2) is 22.8 Å². The van der Waals surface area contributed by atoms with Gasteiger partial charge in [0.05, 0.1) is 5.84 Å². The summed E-state index contributed by atoms with van der Waals surface area (Å²) in [5.74, 6) is 1.18. The molecule has 5 heteroatoms. The van der Waals surface area contributed by atoms with Crippen LogP contribution in [-0.4, -0.2) is 23.9 Å². The van der Waals surface area contributed by atoms with Crippen LogP contribution >= 0.6 is 15.9 Å². The molecule has 0 radical (unpaired) electrons. The van der Waals surface area contributed by atoms with Crippen LogP contribution in [0.3, 0.4) is 0 Å². The first-order valence-corrected chi connectivity index (χ1v) is 6.04. The van der Waals surface area contributed by atoms with Crippen LogP contribution in [0.4, 0.5) is 5.82 Å². The zero-order valence-electron chi connectivity index (χ0n) is 9.57. The van der Waals surface area contributed by atoms with Gasteiger partial charge in [-0.2, -0.15) is 0 Å². The highest BCUT2D eigenvalue weighted by Crippen LogP contribution is 2.15. The number of pyridine rings is 1. The molecule has 0 fully saturated rings. The number of amidine groups is 1. The van der Waals surface area contributed by atoms with Gasteiger partial charge in [0.1, 0.15) is 5.82 Å². The normalized spacial score (nSPS) is 12.2. The van der Waals surface area contributed by atoms with Gasteiger partial charge in [-0.25, -0.2) is 4.98 Å². The Hall–Kier alpha value is -1.10. The number of hydrogen-bond donors (Lipinski definition) is 2. The minimum Gasteiger partial charge on any atom is -0.387 e. The number of aromatic nitrogens is 1. The van der Waals surface area contributed by atoms with Crippen molar-refractivity contribution in [3.8, 4) is 0 Å². The number of rotatable bonds is 5. The van der Waals surface area contributed by atoms with Crippen LogP contribution in [0.25, 0.3) is 0 Å². The third-order valence-electron chi connectivity index (χ3n) is 2.44. The summed E-state index contributed by atoms with van der Waals surface area (Å²) in [7, 11) is 0. The zero-order valence-corrected chi connectivity index (χ0v) is 11.2. The highest BCUT2D eigenvalue weighted by Gasteiger charge is 2.12. The van der Waals surface area contributed by atoms with E-state index < -0.39 is 0 Å². The van der Waals surface area contributed by atoms with Crippen LogP contribution < -0.4 is 10.6 Å². The van der Waals surface area contributed by atoms with Gasteiger partial charge < -0.3 is 10.6 Å². The van der Waals surface area contributed by atoms with E-state index in [9.17, 15) is 0 Å². The van der Waals surface area contributed by atoms with Crippen LogP contribution in [0.5, 0.6) is 0 Å². The third-order valence-corrected chi connectivity index (χ3v) is 2.91. The smallest absolute Gasteiger partial charge is 0.128 e. The second-order valence-corrected chi connectivity index (χ2v) is 4.65. The van der Waals surface area contributed by atoms with Gasteiger partial charge in [0.2, 0.25) is 0 Å². The Bertz CT molecular complexity index is 350. The van der Waals surface area contributed by atoms with Crippen LogP contribution in [0.2, 0.25) is 0 Å². The molecule has 0 aliphatic rings. The highest BCUT2D eigenvalue weighted by molar-refractivity contribution is 9.10. The molecule has 1 aromatic heterocycles. The molecule has 0 aliphatic heterocycles. The minimum absolute atomic E-state index is 0.0467. The molecule has 0 spiro atoms. The zero-order chi connectivity index (χ0) is 12.1. The molecular weight excluding hydrogens is 268 g/mol. The number of nitrogens with zero attached hydrogens (tertiary/aromatic N) is 2. The molecule has 1 aromatic rings. The van der Waals surface area contributed by atoms with Crippen molar-refractivity contribution >= 4 is 27.6 Å². The van der Waals surface area contributed by atoms with E-state index in [1.165, 1.54) is 0 Å². The van der Waals surface area contributed by atoms with E-state index in [-0.39, 0.29) is 11.8 Å². The Morgan fingerprint density at radius 1 is 1.62 bits per heavy atom. The van der Waals surface area contributed by atoms with E-state index in [0.717, 1.165) is 23.4 Å². The molecule has 4 nitrogen and oxygen atoms in total. The maximum atomic E-state index is 7.39. The van der Waals surface area contributed by atoms with Gasteiger partial charge in [0.15, 0.2) is 0 Å². The molecule has 1 rings (SSSR count). The fourth-order valence-electron chi connectivity index (χ4n) is 1.37. The van der Waals surface area contributed by atoms with Gasteiger partial charge in [-0.05, 0) is 35.0 Å². The van der Waals surface area contributed by atoms with Crippen LogP contribution in [0, 0.1) is 11.3 Å². The molecule has 0 aliphatic carbocycles. The molecule has 1 unspecified atom stereocenters. The minimum atomic E-state index is 0.0467. The van der Waals surface area contributed by atoms with E-state index in [0.29, 0.717) is 0 Å². The fraction of sp³-hybridized carbons (Fsp3) is 0.455. The lowest BCUT2D eigenvalue weighted by molar-refractivity contribution is 0.690. The second kappa shape index (κ2) is 5.84. The quantitative estimate of drug-likeness (QED) is 0.644. The van der Waals surface area contributed by atoms with Crippen molar-refractivity contribution in [1.82, 2.24) is 4.98 Å². The van der Waals surface area contributed by atoms with Crippen molar-refractivity contribution in [2.45, 2.75) is 13.8 Å². The van der Waals surface area contributed by atoms with Crippen molar-refractivity contribution in [1.29, 1.82) is 5.41 Å². The Labute approximate surface area is 104 Å². The number of halogens is 1. The fourth-order valence-corrected chi connectivity index (χ4v) is 1.60. The number of nitrogens with two attached hydrogens (primary N) is 1. The van der Waals surface area contributed by atoms with Crippen molar-refractivity contribution in [2.75, 3.05) is 18.0 Å². The number of hydrogen-bond acceptors (Lipinski definition) is 3. The maximum Gasteiger partial charge on any atom is 0.128 e. The van der Waals surface area contributed by atoms with Gasteiger partial charge in [0, 0.05) is 29.7 Å². The Balaban J connectivity index is 2.74. The largest absolute Gasteiger partial charge is 0.387 e. The molecule has 0 saturated heterocycles. The molecule has 1 atom stereocenters. The molecule has 0 saturated carbocycles. The van der Waals surface area contributed by atoms with E-state index in [4.69, 9.17) is 11.1 Å². The summed E-state index contributed by atoms with van der Waals surface area (Å²) in [6.07, 6.45) is 1.77. The lowest BCUT2D eigenvalue weighted by atomic mass is 10.1. The van der Waals surface area contributed by atoms with Crippen molar-refractivity contribution in [3.05, 3.63) is 22.8 Å². The van der Waals surface area contributed by atoms with Gasteiger partial charge in [0.25, 0.3) is 0 Å². The molecule has 0 amide bonds. The van der Waals surface area contributed by atoms with Crippen LogP contribution in [-0.2, 0) is 0 Å². The molecule has 16 heavy (non-hydrogen) atoms. The SMILES string of the molecule is CCN(CC(C)C(=N)N)c1ccc(Br)cn1. The Morgan fingerprint density at radius 3 is 2.75 bits per heavy atom. The Kier molecular flexibility index (Phi) is 4.73. The predicted octanol–water partition coefficient (Wildman–Crippen LogP) is 2.24. The first-order chi connectivity index (χ1) is 7.54. The topological polar surface area (TPSA) is 66.0 Å². The van der Waals surface area contributed by atoms with E-state index in [2.05, 4.69) is 32.7 Å².